The first-order chi connectivity index (χ1) is 15.8. The first-order valence-electron chi connectivity index (χ1n) is 11.0. The summed E-state index contributed by atoms with van der Waals surface area (Å²) in [5.74, 6) is -0.981. The summed E-state index contributed by atoms with van der Waals surface area (Å²) in [6.45, 7) is 7.32. The highest BCUT2D eigenvalue weighted by atomic mass is 16.6. The van der Waals surface area contributed by atoms with Crippen LogP contribution >= 0.6 is 0 Å². The van der Waals surface area contributed by atoms with Crippen molar-refractivity contribution in [3.05, 3.63) is 69.3 Å². The number of anilines is 1. The third kappa shape index (κ3) is 6.15. The van der Waals surface area contributed by atoms with Gasteiger partial charge in [0.05, 0.1) is 11.1 Å². The number of rotatable bonds is 8. The minimum absolute atomic E-state index is 0.0452. The predicted molar refractivity (Wildman–Crippen MR) is 128 cm³/mol. The number of nitro groups is 1. The molecule has 1 unspecified atom stereocenters. The van der Waals surface area contributed by atoms with Crippen molar-refractivity contribution < 1.29 is 14.5 Å². The largest absolute Gasteiger partial charge is 0.371 e. The molecule has 0 radical (unpaired) electrons. The molecule has 33 heavy (non-hydrogen) atoms. The normalized spacial score (nSPS) is 14.5. The lowest BCUT2D eigenvalue weighted by Gasteiger charge is -2.21. The van der Waals surface area contributed by atoms with Crippen molar-refractivity contribution in [3.8, 4) is 0 Å². The van der Waals surface area contributed by atoms with E-state index in [1.165, 1.54) is 18.3 Å². The Morgan fingerprint density at radius 1 is 1.12 bits per heavy atom. The van der Waals surface area contributed by atoms with Crippen LogP contribution in [0.4, 0.5) is 11.4 Å². The van der Waals surface area contributed by atoms with Crippen molar-refractivity contribution in [2.75, 3.05) is 18.0 Å². The molecule has 0 spiro atoms. The topological polar surface area (TPSA) is 117 Å². The van der Waals surface area contributed by atoms with Crippen molar-refractivity contribution in [1.82, 2.24) is 10.7 Å². The zero-order valence-electron chi connectivity index (χ0n) is 19.1. The number of hydrazone groups is 1. The Morgan fingerprint density at radius 3 is 2.39 bits per heavy atom. The van der Waals surface area contributed by atoms with E-state index in [2.05, 4.69) is 20.7 Å². The molecular weight excluding hydrogens is 422 g/mol. The van der Waals surface area contributed by atoms with E-state index < -0.39 is 16.9 Å². The molecule has 0 aromatic heterocycles. The van der Waals surface area contributed by atoms with Crippen LogP contribution in [0.15, 0.2) is 47.6 Å². The molecule has 1 fully saturated rings. The highest BCUT2D eigenvalue weighted by Gasteiger charge is 2.25. The summed E-state index contributed by atoms with van der Waals surface area (Å²) in [7, 11) is 0. The highest BCUT2D eigenvalue weighted by Crippen LogP contribution is 2.27. The van der Waals surface area contributed by atoms with E-state index in [-0.39, 0.29) is 17.5 Å². The number of amides is 2. The summed E-state index contributed by atoms with van der Waals surface area (Å²) < 4.78 is 0. The standard InChI is InChI=1S/C24H29N5O4/c1-16(2)22(26-23(30)18-8-6-17(3)7-9-18)24(31)27-25-15-19-14-20(29(32)33)10-11-21(19)28-12-4-5-13-28/h6-11,14-16,22H,4-5,12-13H2,1-3H3,(H,26,30)(H,27,31). The van der Waals surface area contributed by atoms with E-state index in [1.807, 2.05) is 32.9 Å². The molecule has 1 aliphatic rings. The van der Waals surface area contributed by atoms with E-state index in [9.17, 15) is 19.7 Å². The summed E-state index contributed by atoms with van der Waals surface area (Å²) in [6, 6.07) is 10.9. The minimum Gasteiger partial charge on any atom is -0.371 e. The highest BCUT2D eigenvalue weighted by molar-refractivity contribution is 5.98. The Hall–Kier alpha value is -3.75. The van der Waals surface area contributed by atoms with Gasteiger partial charge in [-0.15, -0.1) is 0 Å². The Labute approximate surface area is 193 Å². The maximum Gasteiger partial charge on any atom is 0.270 e. The molecule has 9 nitrogen and oxygen atoms in total. The van der Waals surface area contributed by atoms with Crippen LogP contribution < -0.4 is 15.6 Å². The van der Waals surface area contributed by atoms with Crippen LogP contribution in [0.5, 0.6) is 0 Å². The number of aryl methyl sites for hydroxylation is 1. The Kier molecular flexibility index (Phi) is 7.76. The molecule has 9 heteroatoms. The van der Waals surface area contributed by atoms with Gasteiger partial charge in [0.1, 0.15) is 6.04 Å². The van der Waals surface area contributed by atoms with Gasteiger partial charge < -0.3 is 10.2 Å². The third-order valence-electron chi connectivity index (χ3n) is 5.60. The van der Waals surface area contributed by atoms with E-state index in [0.29, 0.717) is 11.1 Å². The van der Waals surface area contributed by atoms with Crippen LogP contribution in [0.2, 0.25) is 0 Å². The van der Waals surface area contributed by atoms with Gasteiger partial charge in [0, 0.05) is 42.0 Å². The SMILES string of the molecule is Cc1ccc(C(=O)NC(C(=O)NN=Cc2cc([N+](=O)[O-])ccc2N2CCCC2)C(C)C)cc1. The molecule has 2 N–H and O–H groups in total. The fraction of sp³-hybridized carbons (Fsp3) is 0.375. The van der Waals surface area contributed by atoms with Gasteiger partial charge in [0.15, 0.2) is 0 Å². The molecule has 1 heterocycles. The van der Waals surface area contributed by atoms with Crippen LogP contribution in [0.25, 0.3) is 0 Å². The average molecular weight is 452 g/mol. The van der Waals surface area contributed by atoms with Gasteiger partial charge in [-0.05, 0) is 43.9 Å². The summed E-state index contributed by atoms with van der Waals surface area (Å²) in [5.41, 5.74) is 5.32. The average Bonchev–Trinajstić information content (AvgIpc) is 3.32. The zero-order chi connectivity index (χ0) is 24.0. The van der Waals surface area contributed by atoms with E-state index in [4.69, 9.17) is 0 Å². The first-order valence-corrected chi connectivity index (χ1v) is 11.0. The molecule has 174 valence electrons. The molecule has 0 saturated carbocycles. The maximum atomic E-state index is 12.8. The van der Waals surface area contributed by atoms with Gasteiger partial charge in [-0.3, -0.25) is 19.7 Å². The molecule has 2 amide bonds. The van der Waals surface area contributed by atoms with Crippen molar-refractivity contribution >= 4 is 29.4 Å². The van der Waals surface area contributed by atoms with Crippen LogP contribution in [-0.2, 0) is 4.79 Å². The number of benzene rings is 2. The quantitative estimate of drug-likeness (QED) is 0.362. The number of carbonyl (C=O) groups is 2. The van der Waals surface area contributed by atoms with Crippen molar-refractivity contribution in [2.45, 2.75) is 39.7 Å². The van der Waals surface area contributed by atoms with Gasteiger partial charge in [-0.1, -0.05) is 31.5 Å². The summed E-state index contributed by atoms with van der Waals surface area (Å²) in [4.78, 5) is 38.2. The predicted octanol–water partition coefficient (Wildman–Crippen LogP) is 3.41. The molecule has 2 aromatic rings. The third-order valence-corrected chi connectivity index (χ3v) is 5.60. The number of carbonyl (C=O) groups excluding carboxylic acids is 2. The lowest BCUT2D eigenvalue weighted by molar-refractivity contribution is -0.384. The molecule has 0 bridgehead atoms. The van der Waals surface area contributed by atoms with Gasteiger partial charge in [-0.2, -0.15) is 5.10 Å². The van der Waals surface area contributed by atoms with E-state index in [0.717, 1.165) is 37.2 Å². The van der Waals surface area contributed by atoms with Crippen molar-refractivity contribution in [1.29, 1.82) is 0 Å². The molecule has 2 aromatic carbocycles. The van der Waals surface area contributed by atoms with Crippen LogP contribution in [0.1, 0.15) is 48.2 Å². The van der Waals surface area contributed by atoms with Crippen LogP contribution in [0.3, 0.4) is 0 Å². The first kappa shape index (κ1) is 23.9. The summed E-state index contributed by atoms with van der Waals surface area (Å²) in [5, 5.41) is 18.0. The molecule has 1 aliphatic heterocycles. The van der Waals surface area contributed by atoms with Gasteiger partial charge >= 0.3 is 0 Å². The Morgan fingerprint density at radius 2 is 1.79 bits per heavy atom. The van der Waals surface area contributed by atoms with E-state index in [1.54, 1.807) is 18.2 Å². The Balaban J connectivity index is 1.72. The van der Waals surface area contributed by atoms with Crippen LogP contribution in [0, 0.1) is 23.0 Å². The molecular formula is C24H29N5O4. The maximum absolute atomic E-state index is 12.8. The Bertz CT molecular complexity index is 1040. The van der Waals surface area contributed by atoms with Gasteiger partial charge in [0.2, 0.25) is 0 Å². The summed E-state index contributed by atoms with van der Waals surface area (Å²) >= 11 is 0. The number of nitro benzene ring substituents is 1. The lowest BCUT2D eigenvalue weighted by atomic mass is 10.0. The molecule has 1 saturated heterocycles. The van der Waals surface area contributed by atoms with Crippen molar-refractivity contribution in [2.24, 2.45) is 11.0 Å². The van der Waals surface area contributed by atoms with Crippen molar-refractivity contribution in [3.63, 3.8) is 0 Å². The smallest absolute Gasteiger partial charge is 0.270 e. The fourth-order valence-electron chi connectivity index (χ4n) is 3.70. The summed E-state index contributed by atoms with van der Waals surface area (Å²) in [6.07, 6.45) is 3.53. The fourth-order valence-corrected chi connectivity index (χ4v) is 3.70. The number of hydrogen-bond acceptors (Lipinski definition) is 6. The molecule has 3 rings (SSSR count). The second-order valence-corrected chi connectivity index (χ2v) is 8.49. The second-order valence-electron chi connectivity index (χ2n) is 8.49. The zero-order valence-corrected chi connectivity index (χ0v) is 19.1. The molecule has 1 atom stereocenters. The van der Waals surface area contributed by atoms with Crippen LogP contribution in [-0.4, -0.2) is 42.1 Å². The van der Waals surface area contributed by atoms with Gasteiger partial charge in [0.25, 0.3) is 17.5 Å². The molecule has 0 aliphatic carbocycles. The lowest BCUT2D eigenvalue weighted by Crippen LogP contribution is -2.48. The monoisotopic (exact) mass is 451 g/mol. The number of nitrogens with one attached hydrogen (secondary N) is 2. The number of non-ortho nitro benzene ring substituents is 1. The van der Waals surface area contributed by atoms with Gasteiger partial charge in [-0.25, -0.2) is 5.43 Å². The van der Waals surface area contributed by atoms with E-state index >= 15 is 0 Å². The minimum atomic E-state index is -0.792. The number of hydrogen-bond donors (Lipinski definition) is 2. The second kappa shape index (κ2) is 10.7. The number of nitrogens with zero attached hydrogens (tertiary/aromatic N) is 3.